The third-order valence-corrected chi connectivity index (χ3v) is 14.4. The Bertz CT molecular complexity index is 2680. The van der Waals surface area contributed by atoms with Gasteiger partial charge in [-0.2, -0.15) is 0 Å². The van der Waals surface area contributed by atoms with Crippen molar-refractivity contribution in [1.82, 2.24) is 4.98 Å². The van der Waals surface area contributed by atoms with Gasteiger partial charge >= 0.3 is 11.9 Å². The molecule has 2 aliphatic rings. The van der Waals surface area contributed by atoms with Crippen LogP contribution in [0.2, 0.25) is 0 Å². The molecular formula is C41H40N4O10S3. The first-order valence-electron chi connectivity index (χ1n) is 18.3. The summed E-state index contributed by atoms with van der Waals surface area (Å²) < 4.78 is 74.1. The molecule has 0 unspecified atom stereocenters. The van der Waals surface area contributed by atoms with E-state index in [1.54, 1.807) is 67.8 Å². The van der Waals surface area contributed by atoms with Gasteiger partial charge in [0, 0.05) is 24.0 Å². The smallest absolute Gasteiger partial charge is 0.345 e. The molecule has 0 spiro atoms. The maximum Gasteiger partial charge on any atom is 0.345 e. The summed E-state index contributed by atoms with van der Waals surface area (Å²) in [4.78, 5) is 43.8. The van der Waals surface area contributed by atoms with E-state index in [2.05, 4.69) is 10.3 Å². The standard InChI is InChI=1S/C41H40N4O10S3/c1-25-9-15-34(53-3)36(19-25)57(49,50)44-17-5-7-27-11-13-29(21-32(27)44)39(47)43-41-42-31(24-56-41)23-38(46)55-40(48)30-14-12-28-8-6-18-45(33(28)22-30)58(51,52)37-20-26(2)10-16-35(37)54-4/h9-16,19-22,24H,5-8,17-18,23H2,1-4H3,(H,42,43,47). The lowest BCUT2D eigenvalue weighted by Crippen LogP contribution is -2.36. The van der Waals surface area contributed by atoms with Crippen molar-refractivity contribution in [2.75, 3.05) is 41.2 Å². The van der Waals surface area contributed by atoms with Gasteiger partial charge in [-0.1, -0.05) is 24.3 Å². The highest BCUT2D eigenvalue weighted by atomic mass is 32.2. The second kappa shape index (κ2) is 16.2. The van der Waals surface area contributed by atoms with Gasteiger partial charge < -0.3 is 14.2 Å². The van der Waals surface area contributed by atoms with E-state index in [-0.39, 0.29) is 62.8 Å². The number of benzene rings is 4. The quantitative estimate of drug-likeness (QED) is 0.118. The van der Waals surface area contributed by atoms with Crippen LogP contribution < -0.4 is 23.4 Å². The Morgan fingerprint density at radius 1 is 0.724 bits per heavy atom. The van der Waals surface area contributed by atoms with E-state index in [1.807, 2.05) is 0 Å². The number of thiazole rings is 1. The number of ether oxygens (including phenoxy) is 3. The van der Waals surface area contributed by atoms with Crippen LogP contribution in [0.25, 0.3) is 0 Å². The normalized spacial score (nSPS) is 13.9. The zero-order valence-electron chi connectivity index (χ0n) is 32.1. The van der Waals surface area contributed by atoms with Crippen molar-refractivity contribution in [2.24, 2.45) is 0 Å². The molecule has 0 saturated carbocycles. The second-order valence-corrected chi connectivity index (χ2v) is 18.4. The molecule has 0 aliphatic carbocycles. The van der Waals surface area contributed by atoms with Crippen molar-refractivity contribution >= 4 is 65.7 Å². The van der Waals surface area contributed by atoms with Crippen LogP contribution in [0.15, 0.2) is 88.0 Å². The summed E-state index contributed by atoms with van der Waals surface area (Å²) in [6.07, 6.45) is 2.02. The minimum Gasteiger partial charge on any atom is -0.495 e. The van der Waals surface area contributed by atoms with Crippen molar-refractivity contribution in [3.63, 3.8) is 0 Å². The number of nitrogens with one attached hydrogen (secondary N) is 1. The Labute approximate surface area is 340 Å². The van der Waals surface area contributed by atoms with Crippen molar-refractivity contribution in [3.05, 3.63) is 117 Å². The van der Waals surface area contributed by atoms with E-state index in [0.717, 1.165) is 33.6 Å². The summed E-state index contributed by atoms with van der Waals surface area (Å²) in [5, 5.41) is 4.42. The van der Waals surface area contributed by atoms with E-state index in [9.17, 15) is 31.2 Å². The SMILES string of the molecule is COc1ccc(C)cc1S(=O)(=O)N1CCCc2ccc(C(=O)Nc3nc(CC(=O)OC(=O)c4ccc5c(c4)N(S(=O)(=O)c4cc(C)ccc4OC)CCC5)cs3)cc21. The molecule has 302 valence electrons. The first-order chi connectivity index (χ1) is 27.7. The van der Waals surface area contributed by atoms with Crippen LogP contribution in [-0.2, 0) is 48.8 Å². The lowest BCUT2D eigenvalue weighted by molar-refractivity contribution is -0.137. The molecular weight excluding hydrogens is 805 g/mol. The van der Waals surface area contributed by atoms with Crippen LogP contribution in [0.4, 0.5) is 16.5 Å². The minimum absolute atomic E-state index is 0.00452. The maximum absolute atomic E-state index is 13.9. The average molecular weight is 845 g/mol. The number of sulfonamides is 2. The molecule has 0 atom stereocenters. The van der Waals surface area contributed by atoms with Gasteiger partial charge in [0.25, 0.3) is 26.0 Å². The molecule has 58 heavy (non-hydrogen) atoms. The Morgan fingerprint density at radius 2 is 1.24 bits per heavy atom. The number of fused-ring (bicyclic) bond motifs is 2. The highest BCUT2D eigenvalue weighted by Gasteiger charge is 2.34. The highest BCUT2D eigenvalue weighted by Crippen LogP contribution is 2.38. The van der Waals surface area contributed by atoms with Gasteiger partial charge in [0.05, 0.1) is 43.3 Å². The maximum atomic E-state index is 13.9. The number of carbonyl (C=O) groups excluding carboxylic acids is 3. The summed E-state index contributed by atoms with van der Waals surface area (Å²) >= 11 is 1.06. The minimum atomic E-state index is -4.08. The van der Waals surface area contributed by atoms with Crippen LogP contribution in [0, 0.1) is 13.8 Å². The van der Waals surface area contributed by atoms with E-state index in [0.29, 0.717) is 37.1 Å². The first kappa shape index (κ1) is 40.4. The average Bonchev–Trinajstić information content (AvgIpc) is 3.65. The molecule has 1 aromatic heterocycles. The number of esters is 2. The fraction of sp³-hybridized carbons (Fsp3) is 0.268. The summed E-state index contributed by atoms with van der Waals surface area (Å²) in [6.45, 7) is 3.99. The van der Waals surface area contributed by atoms with E-state index >= 15 is 0 Å². The number of hydrogen-bond acceptors (Lipinski definition) is 12. The van der Waals surface area contributed by atoms with Gasteiger partial charge in [0.15, 0.2) is 5.13 Å². The zero-order valence-corrected chi connectivity index (χ0v) is 34.6. The Kier molecular flexibility index (Phi) is 11.3. The number of anilines is 3. The third kappa shape index (κ3) is 8.01. The van der Waals surface area contributed by atoms with Gasteiger partial charge in [-0.3, -0.25) is 23.5 Å². The molecule has 0 radical (unpaired) electrons. The van der Waals surface area contributed by atoms with Gasteiger partial charge in [-0.25, -0.2) is 26.6 Å². The number of methoxy groups -OCH3 is 2. The van der Waals surface area contributed by atoms with Crippen LogP contribution >= 0.6 is 11.3 Å². The molecule has 1 amide bonds. The number of carbonyl (C=O) groups is 3. The highest BCUT2D eigenvalue weighted by molar-refractivity contribution is 7.93. The first-order valence-corrected chi connectivity index (χ1v) is 22.1. The van der Waals surface area contributed by atoms with E-state index in [4.69, 9.17) is 14.2 Å². The predicted molar refractivity (Wildman–Crippen MR) is 218 cm³/mol. The molecule has 1 N–H and O–H groups in total. The predicted octanol–water partition coefficient (Wildman–Crippen LogP) is 6.24. The van der Waals surface area contributed by atoms with Crippen LogP contribution in [0.5, 0.6) is 11.5 Å². The second-order valence-electron chi connectivity index (χ2n) is 13.9. The van der Waals surface area contributed by atoms with Crippen LogP contribution in [0.3, 0.4) is 0 Å². The summed E-state index contributed by atoms with van der Waals surface area (Å²) in [5.41, 5.74) is 4.14. The number of aryl methyl sites for hydroxylation is 4. The molecule has 2 aliphatic heterocycles. The zero-order chi connectivity index (χ0) is 41.4. The fourth-order valence-corrected chi connectivity index (χ4v) is 11.3. The van der Waals surface area contributed by atoms with Gasteiger partial charge in [-0.05, 0) is 110 Å². The number of hydrogen-bond donors (Lipinski definition) is 1. The van der Waals surface area contributed by atoms with Crippen LogP contribution in [0.1, 0.15) is 61.5 Å². The van der Waals surface area contributed by atoms with Gasteiger partial charge in [0.2, 0.25) is 0 Å². The van der Waals surface area contributed by atoms with E-state index < -0.39 is 37.9 Å². The molecule has 5 aromatic rings. The molecule has 17 heteroatoms. The van der Waals surface area contributed by atoms with Crippen LogP contribution in [-0.4, -0.2) is 67.0 Å². The number of amides is 1. The molecule has 3 heterocycles. The van der Waals surface area contributed by atoms with Gasteiger partial charge in [-0.15, -0.1) is 11.3 Å². The molecule has 0 fully saturated rings. The lowest BCUT2D eigenvalue weighted by Gasteiger charge is -2.31. The van der Waals surface area contributed by atoms with E-state index in [1.165, 1.54) is 47.1 Å². The summed E-state index contributed by atoms with van der Waals surface area (Å²) in [6, 6.07) is 19.3. The Balaban J connectivity index is 1.02. The lowest BCUT2D eigenvalue weighted by atomic mass is 10.0. The van der Waals surface area contributed by atoms with Crippen molar-refractivity contribution in [3.8, 4) is 11.5 Å². The topological polar surface area (TPSA) is 179 Å². The third-order valence-electron chi connectivity index (χ3n) is 9.90. The largest absolute Gasteiger partial charge is 0.495 e. The van der Waals surface area contributed by atoms with Crippen molar-refractivity contribution < 1.29 is 45.4 Å². The molecule has 7 rings (SSSR count). The molecule has 4 aromatic carbocycles. The fourth-order valence-electron chi connectivity index (χ4n) is 7.02. The Morgan fingerprint density at radius 3 is 1.78 bits per heavy atom. The Hall–Kier alpha value is -5.78. The van der Waals surface area contributed by atoms with Crippen molar-refractivity contribution in [1.29, 1.82) is 0 Å². The van der Waals surface area contributed by atoms with Gasteiger partial charge in [0.1, 0.15) is 21.3 Å². The molecule has 0 bridgehead atoms. The summed E-state index contributed by atoms with van der Waals surface area (Å²) in [5.74, 6) is -1.99. The monoisotopic (exact) mass is 844 g/mol. The molecule has 14 nitrogen and oxygen atoms in total. The number of rotatable bonds is 11. The number of aromatic nitrogens is 1. The van der Waals surface area contributed by atoms with Crippen molar-refractivity contribution in [2.45, 2.75) is 55.7 Å². The molecule has 0 saturated heterocycles. The summed E-state index contributed by atoms with van der Waals surface area (Å²) in [7, 11) is -5.30. The number of nitrogens with zero attached hydrogens (tertiary/aromatic N) is 3.